The minimum absolute atomic E-state index is 0.829. The summed E-state index contributed by atoms with van der Waals surface area (Å²) in [6.45, 7) is 3.42. The predicted octanol–water partition coefficient (Wildman–Crippen LogP) is 5.93. The van der Waals surface area contributed by atoms with E-state index in [1.807, 2.05) is 0 Å². The first-order chi connectivity index (χ1) is 10.9. The third-order valence-electron chi connectivity index (χ3n) is 6.92. The molecule has 128 valence electrons. The van der Waals surface area contributed by atoms with E-state index in [4.69, 9.17) is 4.43 Å². The van der Waals surface area contributed by atoms with Gasteiger partial charge in [0, 0.05) is 6.61 Å². The van der Waals surface area contributed by atoms with Gasteiger partial charge in [0.25, 0.3) is 0 Å². The monoisotopic (exact) mass is 322 g/mol. The largest absolute Gasteiger partial charge is 0.420 e. The maximum absolute atomic E-state index is 6.23. The highest BCUT2D eigenvalue weighted by Gasteiger charge is 2.43. The second kappa shape index (κ2) is 8.87. The van der Waals surface area contributed by atoms with E-state index in [0.29, 0.717) is 0 Å². The maximum atomic E-state index is 6.23. The Balaban J connectivity index is 1.48. The normalized spacial score (nSPS) is 35.9. The molecular formula is C20H38OSi. The molecule has 0 spiro atoms. The zero-order chi connectivity index (χ0) is 15.2. The summed E-state index contributed by atoms with van der Waals surface area (Å²) in [5, 5.41) is 0. The molecule has 0 aromatic rings. The molecule has 0 amide bonds. The predicted molar refractivity (Wildman–Crippen MR) is 97.8 cm³/mol. The summed E-state index contributed by atoms with van der Waals surface area (Å²) in [7, 11) is -0.829. The van der Waals surface area contributed by atoms with Gasteiger partial charge >= 0.3 is 0 Å². The molecule has 5 unspecified atom stereocenters. The molecule has 3 fully saturated rings. The molecule has 0 aromatic carbocycles. The fourth-order valence-corrected chi connectivity index (χ4v) is 8.76. The molecule has 3 aliphatic rings. The quantitative estimate of drug-likeness (QED) is 0.377. The van der Waals surface area contributed by atoms with Crippen LogP contribution in [-0.4, -0.2) is 15.6 Å². The first-order valence-electron chi connectivity index (χ1n) is 10.5. The van der Waals surface area contributed by atoms with Crippen LogP contribution in [0, 0.1) is 23.7 Å². The van der Waals surface area contributed by atoms with Gasteiger partial charge in [0.2, 0.25) is 0 Å². The van der Waals surface area contributed by atoms with Crippen molar-refractivity contribution in [1.82, 2.24) is 0 Å². The highest BCUT2D eigenvalue weighted by atomic mass is 28.3. The first kappa shape index (κ1) is 17.0. The van der Waals surface area contributed by atoms with Crippen LogP contribution in [0.25, 0.3) is 0 Å². The molecule has 2 bridgehead atoms. The van der Waals surface area contributed by atoms with Crippen LogP contribution in [-0.2, 0) is 4.43 Å². The molecule has 1 heterocycles. The van der Waals surface area contributed by atoms with Crippen molar-refractivity contribution in [3.05, 3.63) is 0 Å². The lowest BCUT2D eigenvalue weighted by atomic mass is 9.78. The van der Waals surface area contributed by atoms with Crippen LogP contribution in [0.1, 0.15) is 84.0 Å². The van der Waals surface area contributed by atoms with E-state index in [0.717, 1.165) is 30.3 Å². The van der Waals surface area contributed by atoms with Crippen molar-refractivity contribution in [2.24, 2.45) is 23.7 Å². The third kappa shape index (κ3) is 4.60. The number of rotatable bonds is 9. The third-order valence-corrected chi connectivity index (χ3v) is 9.81. The second-order valence-electron chi connectivity index (χ2n) is 8.53. The summed E-state index contributed by atoms with van der Waals surface area (Å²) < 4.78 is 6.23. The molecular weight excluding hydrogens is 284 g/mol. The zero-order valence-electron chi connectivity index (χ0n) is 14.9. The highest BCUT2D eigenvalue weighted by molar-refractivity contribution is 6.52. The smallest absolute Gasteiger partial charge is 0.177 e. The summed E-state index contributed by atoms with van der Waals surface area (Å²) in [6, 6.07) is 3.01. The molecule has 1 nitrogen and oxygen atoms in total. The van der Waals surface area contributed by atoms with Gasteiger partial charge in [-0.25, -0.2) is 0 Å². The number of hydrogen-bond acceptors (Lipinski definition) is 1. The van der Waals surface area contributed by atoms with Crippen molar-refractivity contribution in [1.29, 1.82) is 0 Å². The average Bonchev–Trinajstić information content (AvgIpc) is 3.17. The van der Waals surface area contributed by atoms with Crippen LogP contribution in [0.15, 0.2) is 0 Å². The van der Waals surface area contributed by atoms with Gasteiger partial charge in [0.05, 0.1) is 0 Å². The van der Waals surface area contributed by atoms with Crippen LogP contribution < -0.4 is 0 Å². The minimum Gasteiger partial charge on any atom is -0.420 e. The fraction of sp³-hybridized carbons (Fsp3) is 1.00. The van der Waals surface area contributed by atoms with E-state index in [2.05, 4.69) is 6.92 Å². The Morgan fingerprint density at radius 1 is 1.05 bits per heavy atom. The van der Waals surface area contributed by atoms with Crippen molar-refractivity contribution < 1.29 is 4.43 Å². The molecule has 22 heavy (non-hydrogen) atoms. The summed E-state index contributed by atoms with van der Waals surface area (Å²) in [5.74, 6) is 4.38. The van der Waals surface area contributed by atoms with Crippen LogP contribution in [0.3, 0.4) is 0 Å². The lowest BCUT2D eigenvalue weighted by molar-refractivity contribution is 0.212. The van der Waals surface area contributed by atoms with Crippen LogP contribution >= 0.6 is 0 Å². The van der Waals surface area contributed by atoms with Crippen LogP contribution in [0.4, 0.5) is 0 Å². The Morgan fingerprint density at radius 3 is 2.64 bits per heavy atom. The van der Waals surface area contributed by atoms with Gasteiger partial charge in [-0.1, -0.05) is 58.3 Å². The highest BCUT2D eigenvalue weighted by Crippen LogP contribution is 2.53. The number of fused-ring (bicyclic) bond motifs is 2. The Kier molecular flexibility index (Phi) is 6.86. The Labute approximate surface area is 140 Å². The number of unbranched alkanes of at least 4 members (excludes halogenated alkanes) is 4. The van der Waals surface area contributed by atoms with E-state index in [-0.39, 0.29) is 0 Å². The molecule has 0 radical (unpaired) electrons. The lowest BCUT2D eigenvalue weighted by Crippen LogP contribution is -2.30. The van der Waals surface area contributed by atoms with E-state index in [9.17, 15) is 0 Å². The van der Waals surface area contributed by atoms with Crippen molar-refractivity contribution in [2.75, 3.05) is 6.61 Å². The molecule has 2 saturated carbocycles. The van der Waals surface area contributed by atoms with E-state index in [1.165, 1.54) is 63.5 Å². The van der Waals surface area contributed by atoms with Crippen molar-refractivity contribution >= 4 is 9.04 Å². The summed E-state index contributed by atoms with van der Waals surface area (Å²) >= 11 is 0. The molecule has 1 saturated heterocycles. The van der Waals surface area contributed by atoms with E-state index < -0.39 is 9.04 Å². The van der Waals surface area contributed by atoms with Crippen LogP contribution in [0.2, 0.25) is 12.1 Å². The molecule has 5 atom stereocenters. The topological polar surface area (TPSA) is 9.23 Å². The Bertz CT molecular complexity index is 313. The average molecular weight is 323 g/mol. The zero-order valence-corrected chi connectivity index (χ0v) is 16.1. The van der Waals surface area contributed by atoms with Crippen molar-refractivity contribution in [3.63, 3.8) is 0 Å². The Hall–Kier alpha value is 0.177. The van der Waals surface area contributed by atoms with E-state index >= 15 is 0 Å². The van der Waals surface area contributed by atoms with Crippen molar-refractivity contribution in [3.8, 4) is 0 Å². The first-order valence-corrected chi connectivity index (χ1v) is 12.6. The molecule has 3 rings (SSSR count). The SMILES string of the molecule is CCCCCCCC(C[SiH]1CCCCO1)C1CC2CCC1C2. The van der Waals surface area contributed by atoms with Crippen molar-refractivity contribution in [2.45, 2.75) is 96.1 Å². The lowest BCUT2D eigenvalue weighted by Gasteiger charge is -2.34. The molecule has 2 heteroatoms. The maximum Gasteiger partial charge on any atom is 0.177 e. The molecule has 2 aliphatic carbocycles. The van der Waals surface area contributed by atoms with Crippen LogP contribution in [0.5, 0.6) is 0 Å². The van der Waals surface area contributed by atoms with Gasteiger partial charge in [-0.15, -0.1) is 0 Å². The van der Waals surface area contributed by atoms with Gasteiger partial charge < -0.3 is 4.43 Å². The van der Waals surface area contributed by atoms with Gasteiger partial charge in [0.1, 0.15) is 0 Å². The standard InChI is InChI=1S/C20H38OSi/c1-2-3-4-5-6-9-19(16-22-13-8-7-12-21-22)20-15-17-10-11-18(20)14-17/h17-20,22H,2-16H2,1H3. The van der Waals surface area contributed by atoms with Gasteiger partial charge in [-0.05, 0) is 61.4 Å². The second-order valence-corrected chi connectivity index (χ2v) is 11.2. The van der Waals surface area contributed by atoms with Gasteiger partial charge in [-0.3, -0.25) is 0 Å². The van der Waals surface area contributed by atoms with Gasteiger partial charge in [0.15, 0.2) is 9.04 Å². The molecule has 1 aliphatic heterocycles. The Morgan fingerprint density at radius 2 is 1.95 bits per heavy atom. The fourth-order valence-electron chi connectivity index (χ4n) is 5.72. The van der Waals surface area contributed by atoms with Gasteiger partial charge in [-0.2, -0.15) is 0 Å². The molecule has 0 aromatic heterocycles. The summed E-state index contributed by atoms with van der Waals surface area (Å²) in [5.41, 5.74) is 0. The number of hydrogen-bond donors (Lipinski definition) is 0. The van der Waals surface area contributed by atoms with E-state index in [1.54, 1.807) is 25.7 Å². The summed E-state index contributed by atoms with van der Waals surface area (Å²) in [4.78, 5) is 0. The summed E-state index contributed by atoms with van der Waals surface area (Å²) in [6.07, 6.45) is 17.9. The molecule has 0 N–H and O–H groups in total. The minimum atomic E-state index is -0.829.